The van der Waals surface area contributed by atoms with Crippen LogP contribution in [0, 0.1) is 0 Å². The van der Waals surface area contributed by atoms with Crippen molar-refractivity contribution in [3.8, 4) is 5.75 Å². The molecule has 0 bridgehead atoms. The molecule has 0 aliphatic carbocycles. The first-order valence-electron chi connectivity index (χ1n) is 8.38. The number of hydrogen-bond acceptors (Lipinski definition) is 4. The molecule has 4 nitrogen and oxygen atoms in total. The van der Waals surface area contributed by atoms with Gasteiger partial charge in [-0.05, 0) is 36.8 Å². The summed E-state index contributed by atoms with van der Waals surface area (Å²) >= 11 is 0. The van der Waals surface area contributed by atoms with E-state index in [1.54, 1.807) is 18.2 Å². The highest BCUT2D eigenvalue weighted by Crippen LogP contribution is 2.29. The van der Waals surface area contributed by atoms with Crippen LogP contribution in [0.5, 0.6) is 5.75 Å². The topological polar surface area (TPSA) is 58.6 Å². The van der Waals surface area contributed by atoms with Crippen LogP contribution >= 0.6 is 0 Å². The van der Waals surface area contributed by atoms with Gasteiger partial charge in [0.25, 0.3) is 0 Å². The second-order valence-corrected chi connectivity index (χ2v) is 6.14. The van der Waals surface area contributed by atoms with E-state index in [1.165, 1.54) is 7.11 Å². The first-order chi connectivity index (χ1) is 12.6. The first-order valence-corrected chi connectivity index (χ1v) is 8.38. The monoisotopic (exact) mass is 347 g/mol. The number of carbonyl (C=O) groups excluding carboxylic acids is 1. The molecule has 0 heterocycles. The van der Waals surface area contributed by atoms with Crippen molar-refractivity contribution in [1.82, 2.24) is 0 Å². The van der Waals surface area contributed by atoms with Crippen molar-refractivity contribution in [1.29, 1.82) is 0 Å². The third kappa shape index (κ3) is 3.86. The largest absolute Gasteiger partial charge is 0.507 e. The minimum absolute atomic E-state index is 0.282. The Bertz CT molecular complexity index is 959. The van der Waals surface area contributed by atoms with E-state index in [-0.39, 0.29) is 11.7 Å². The third-order valence-electron chi connectivity index (χ3n) is 4.20. The zero-order valence-electron chi connectivity index (χ0n) is 14.8. The highest BCUT2D eigenvalue weighted by atomic mass is 16.5. The molecule has 0 radical (unpaired) electrons. The lowest BCUT2D eigenvalue weighted by molar-refractivity contribution is 0.0600. The van der Waals surface area contributed by atoms with Crippen molar-refractivity contribution in [2.45, 2.75) is 6.92 Å². The summed E-state index contributed by atoms with van der Waals surface area (Å²) in [7, 11) is 1.37. The number of carbonyl (C=O) groups is 1. The van der Waals surface area contributed by atoms with Crippen molar-refractivity contribution in [3.63, 3.8) is 0 Å². The van der Waals surface area contributed by atoms with E-state index in [1.807, 2.05) is 49.4 Å². The second kappa shape index (κ2) is 7.74. The van der Waals surface area contributed by atoms with Gasteiger partial charge < -0.3 is 15.2 Å². The predicted molar refractivity (Wildman–Crippen MR) is 106 cm³/mol. The lowest BCUT2D eigenvalue weighted by Gasteiger charge is -2.11. The van der Waals surface area contributed by atoms with E-state index < -0.39 is 0 Å². The molecule has 0 aliphatic heterocycles. The van der Waals surface area contributed by atoms with Crippen molar-refractivity contribution < 1.29 is 14.6 Å². The van der Waals surface area contributed by atoms with Crippen LogP contribution in [0.25, 0.3) is 16.8 Å². The van der Waals surface area contributed by atoms with Crippen molar-refractivity contribution in [2.24, 2.45) is 0 Å². The number of phenols is 1. The molecule has 26 heavy (non-hydrogen) atoms. The molecule has 2 N–H and O–H groups in total. The summed E-state index contributed by atoms with van der Waals surface area (Å²) in [5.41, 5.74) is 3.68. The number of hydrogen-bond donors (Lipinski definition) is 2. The predicted octanol–water partition coefficient (Wildman–Crippen LogP) is 4.85. The number of esters is 1. The molecular weight excluding hydrogens is 326 g/mol. The fourth-order valence-corrected chi connectivity index (χ4v) is 2.85. The number of methoxy groups -OCH3 is 1. The molecule has 3 aromatic rings. The molecule has 132 valence electrons. The van der Waals surface area contributed by atoms with Gasteiger partial charge in [-0.15, -0.1) is 0 Å². The molecule has 0 aromatic heterocycles. The maximum atomic E-state index is 11.5. The summed E-state index contributed by atoms with van der Waals surface area (Å²) in [6.07, 6.45) is 2.07. The molecule has 0 saturated heterocycles. The van der Waals surface area contributed by atoms with Crippen LogP contribution in [0.3, 0.4) is 0 Å². The lowest BCUT2D eigenvalue weighted by atomic mass is 10.1. The fraction of sp³-hybridized carbons (Fsp3) is 0.136. The number of benzene rings is 3. The second-order valence-electron chi connectivity index (χ2n) is 6.14. The summed E-state index contributed by atoms with van der Waals surface area (Å²) in [5, 5.41) is 15.2. The molecule has 0 spiro atoms. The van der Waals surface area contributed by atoms with Gasteiger partial charge in [0.15, 0.2) is 0 Å². The van der Waals surface area contributed by atoms with Crippen molar-refractivity contribution in [3.05, 3.63) is 77.4 Å². The summed E-state index contributed by atoms with van der Waals surface area (Å²) in [5.74, 6) is -0.0535. The Hall–Kier alpha value is -3.27. The maximum absolute atomic E-state index is 11.5. The molecule has 0 aliphatic rings. The Balaban J connectivity index is 1.73. The van der Waals surface area contributed by atoms with E-state index in [0.717, 1.165) is 27.6 Å². The highest BCUT2D eigenvalue weighted by Gasteiger charge is 2.05. The molecule has 0 unspecified atom stereocenters. The van der Waals surface area contributed by atoms with E-state index >= 15 is 0 Å². The lowest BCUT2D eigenvalue weighted by Crippen LogP contribution is -2.03. The van der Waals surface area contributed by atoms with Gasteiger partial charge in [0.2, 0.25) is 0 Å². The zero-order valence-corrected chi connectivity index (χ0v) is 14.8. The molecule has 4 heteroatoms. The minimum atomic E-state index is -0.335. The molecular formula is C22H21NO3. The summed E-state index contributed by atoms with van der Waals surface area (Å²) in [4.78, 5) is 11.5. The minimum Gasteiger partial charge on any atom is -0.507 e. The number of phenolic OH excluding ortho intramolecular Hbond substituents is 1. The Kier molecular flexibility index (Phi) is 5.23. The van der Waals surface area contributed by atoms with Crippen LogP contribution in [0.4, 0.5) is 5.69 Å². The number of fused-ring (bicyclic) bond motifs is 1. The first kappa shape index (κ1) is 17.5. The van der Waals surface area contributed by atoms with E-state index in [9.17, 15) is 9.90 Å². The number of rotatable bonds is 5. The maximum Gasteiger partial charge on any atom is 0.337 e. The molecule has 0 saturated carbocycles. The number of ether oxygens (including phenoxy) is 1. The van der Waals surface area contributed by atoms with E-state index in [4.69, 9.17) is 4.74 Å². The van der Waals surface area contributed by atoms with Crippen LogP contribution < -0.4 is 5.32 Å². The highest BCUT2D eigenvalue weighted by molar-refractivity contribution is 5.97. The molecule has 3 rings (SSSR count). The van der Waals surface area contributed by atoms with Gasteiger partial charge in [0.05, 0.1) is 12.7 Å². The fourth-order valence-electron chi connectivity index (χ4n) is 2.85. The number of nitrogens with one attached hydrogen (secondary N) is 1. The van der Waals surface area contributed by atoms with Gasteiger partial charge in [0, 0.05) is 23.0 Å². The molecule has 0 fully saturated rings. The molecule has 0 atom stereocenters. The summed E-state index contributed by atoms with van der Waals surface area (Å²) in [6, 6.07) is 18.7. The van der Waals surface area contributed by atoms with E-state index in [2.05, 4.69) is 11.4 Å². The van der Waals surface area contributed by atoms with Gasteiger partial charge in [-0.3, -0.25) is 0 Å². The van der Waals surface area contributed by atoms with Crippen LogP contribution in [0.2, 0.25) is 0 Å². The Labute approximate surface area is 152 Å². The Morgan fingerprint density at radius 1 is 1.04 bits per heavy atom. The zero-order chi connectivity index (χ0) is 18.5. The van der Waals surface area contributed by atoms with Gasteiger partial charge in [-0.2, -0.15) is 0 Å². The normalized spacial score (nSPS) is 11.4. The standard InChI is InChI=1S/C22H21NO3/c1-15(13-16-9-11-17(12-10-16)22(25)26-2)14-23-20-7-3-6-19-18(20)5-4-8-21(19)24/h3-13,23-24H,14H2,1-2H3/b15-13+. The molecule has 3 aromatic carbocycles. The Morgan fingerprint density at radius 3 is 2.46 bits per heavy atom. The van der Waals surface area contributed by atoms with Crippen LogP contribution in [0.1, 0.15) is 22.8 Å². The summed E-state index contributed by atoms with van der Waals surface area (Å²) < 4.78 is 4.71. The Morgan fingerprint density at radius 2 is 1.73 bits per heavy atom. The summed E-state index contributed by atoms with van der Waals surface area (Å²) in [6.45, 7) is 2.72. The van der Waals surface area contributed by atoms with E-state index in [0.29, 0.717) is 12.1 Å². The third-order valence-corrected chi connectivity index (χ3v) is 4.20. The van der Waals surface area contributed by atoms with Crippen LogP contribution in [-0.4, -0.2) is 24.7 Å². The number of anilines is 1. The van der Waals surface area contributed by atoms with Gasteiger partial charge in [-0.25, -0.2) is 4.79 Å². The average molecular weight is 347 g/mol. The van der Waals surface area contributed by atoms with Crippen LogP contribution in [0.15, 0.2) is 66.2 Å². The van der Waals surface area contributed by atoms with Crippen molar-refractivity contribution >= 4 is 28.5 Å². The van der Waals surface area contributed by atoms with Gasteiger partial charge in [0.1, 0.15) is 5.75 Å². The van der Waals surface area contributed by atoms with Gasteiger partial charge >= 0.3 is 5.97 Å². The van der Waals surface area contributed by atoms with Crippen molar-refractivity contribution in [2.75, 3.05) is 19.0 Å². The molecule has 0 amide bonds. The smallest absolute Gasteiger partial charge is 0.337 e. The van der Waals surface area contributed by atoms with Gasteiger partial charge in [-0.1, -0.05) is 48.0 Å². The quantitative estimate of drug-likeness (QED) is 0.648. The number of aromatic hydroxyl groups is 1. The average Bonchev–Trinajstić information content (AvgIpc) is 2.67. The SMILES string of the molecule is COC(=O)c1ccc(/C=C(\C)CNc2cccc3c(O)cccc23)cc1. The van der Waals surface area contributed by atoms with Crippen LogP contribution in [-0.2, 0) is 4.74 Å².